The molecule has 0 aliphatic rings. The van der Waals surface area contributed by atoms with Crippen molar-refractivity contribution in [2.75, 3.05) is 0 Å². The number of aryl methyl sites for hydroxylation is 4. The van der Waals surface area contributed by atoms with Gasteiger partial charge in [0.2, 0.25) is 0 Å². The van der Waals surface area contributed by atoms with Gasteiger partial charge in [-0.05, 0) is 56.0 Å². The van der Waals surface area contributed by atoms with E-state index in [1.54, 1.807) is 0 Å². The molecule has 27 heavy (non-hydrogen) atoms. The number of imidazole rings is 1. The van der Waals surface area contributed by atoms with Crippen LogP contribution in [0.15, 0.2) is 60.8 Å². The molecule has 0 N–H and O–H groups in total. The molecular weight excluding hydrogens is 332 g/mol. The maximum atomic E-state index is 6.31. The van der Waals surface area contributed by atoms with E-state index < -0.39 is 0 Å². The molecule has 0 amide bonds. The van der Waals surface area contributed by atoms with Gasteiger partial charge in [0, 0.05) is 17.5 Å². The van der Waals surface area contributed by atoms with Gasteiger partial charge in [-0.15, -0.1) is 0 Å². The summed E-state index contributed by atoms with van der Waals surface area (Å²) in [5.41, 5.74) is 9.07. The Morgan fingerprint density at radius 3 is 2.26 bits per heavy atom. The zero-order chi connectivity index (χ0) is 19.0. The summed E-state index contributed by atoms with van der Waals surface area (Å²) in [5, 5.41) is 0. The quantitative estimate of drug-likeness (QED) is 0.461. The normalized spacial score (nSPS) is 11.1. The van der Waals surface area contributed by atoms with Gasteiger partial charge in [-0.1, -0.05) is 48.5 Å². The highest BCUT2D eigenvalue weighted by Crippen LogP contribution is 2.30. The second-order valence-corrected chi connectivity index (χ2v) is 7.09. The highest BCUT2D eigenvalue weighted by molar-refractivity contribution is 5.70. The molecule has 4 aromatic rings. The minimum absolute atomic E-state index is 0.539. The summed E-state index contributed by atoms with van der Waals surface area (Å²) < 4.78 is 8.45. The van der Waals surface area contributed by atoms with Crippen LogP contribution in [0.25, 0.3) is 16.8 Å². The second kappa shape index (κ2) is 6.92. The Morgan fingerprint density at radius 1 is 0.852 bits per heavy atom. The molecule has 0 fully saturated rings. The molecule has 0 unspecified atom stereocenters. The lowest BCUT2D eigenvalue weighted by Crippen LogP contribution is -2.02. The molecule has 0 radical (unpaired) electrons. The van der Waals surface area contributed by atoms with Crippen molar-refractivity contribution in [3.05, 3.63) is 88.9 Å². The van der Waals surface area contributed by atoms with E-state index in [-0.39, 0.29) is 0 Å². The van der Waals surface area contributed by atoms with Crippen molar-refractivity contribution in [3.8, 4) is 16.9 Å². The first kappa shape index (κ1) is 17.3. The van der Waals surface area contributed by atoms with Crippen molar-refractivity contribution < 1.29 is 4.74 Å². The van der Waals surface area contributed by atoms with Crippen molar-refractivity contribution in [2.24, 2.45) is 0 Å². The predicted octanol–water partition coefficient (Wildman–Crippen LogP) is 5.81. The van der Waals surface area contributed by atoms with Gasteiger partial charge in [0.15, 0.2) is 11.4 Å². The molecule has 2 heterocycles. The Labute approximate surface area is 160 Å². The fourth-order valence-electron chi connectivity index (χ4n) is 3.46. The molecule has 0 aliphatic heterocycles. The largest absolute Gasteiger partial charge is 0.485 e. The van der Waals surface area contributed by atoms with E-state index in [1.807, 2.05) is 13.0 Å². The number of rotatable bonds is 4. The molecule has 0 spiro atoms. The molecule has 3 nitrogen and oxygen atoms in total. The molecule has 2 aromatic heterocycles. The van der Waals surface area contributed by atoms with Gasteiger partial charge in [-0.25, -0.2) is 4.98 Å². The monoisotopic (exact) mass is 356 g/mol. The van der Waals surface area contributed by atoms with Crippen LogP contribution in [0.5, 0.6) is 5.75 Å². The number of hydrogen-bond donors (Lipinski definition) is 0. The third-order valence-corrected chi connectivity index (χ3v) is 5.29. The Balaban J connectivity index is 1.80. The van der Waals surface area contributed by atoms with Crippen molar-refractivity contribution in [1.82, 2.24) is 9.38 Å². The van der Waals surface area contributed by atoms with E-state index in [0.717, 1.165) is 28.3 Å². The number of aromatic nitrogens is 2. The SMILES string of the molecule is Cc1cccc(C)c1COc1cc(-c2ccccc2)cn2c(C)c(C)nc12. The highest BCUT2D eigenvalue weighted by Gasteiger charge is 2.14. The minimum atomic E-state index is 0.539. The first-order valence-electron chi connectivity index (χ1n) is 9.27. The van der Waals surface area contributed by atoms with Crippen LogP contribution >= 0.6 is 0 Å². The first-order chi connectivity index (χ1) is 13.0. The van der Waals surface area contributed by atoms with Crippen LogP contribution in [0, 0.1) is 27.7 Å². The smallest absolute Gasteiger partial charge is 0.180 e. The number of fused-ring (bicyclic) bond motifs is 1. The molecule has 3 heteroatoms. The Hall–Kier alpha value is -3.07. The number of pyridine rings is 1. The highest BCUT2D eigenvalue weighted by atomic mass is 16.5. The van der Waals surface area contributed by atoms with E-state index >= 15 is 0 Å². The van der Waals surface area contributed by atoms with Crippen molar-refractivity contribution in [1.29, 1.82) is 0 Å². The van der Waals surface area contributed by atoms with E-state index in [0.29, 0.717) is 6.61 Å². The van der Waals surface area contributed by atoms with E-state index in [4.69, 9.17) is 9.72 Å². The molecule has 136 valence electrons. The second-order valence-electron chi connectivity index (χ2n) is 7.09. The Morgan fingerprint density at radius 2 is 1.56 bits per heavy atom. The van der Waals surface area contributed by atoms with Crippen molar-refractivity contribution >= 4 is 5.65 Å². The summed E-state index contributed by atoms with van der Waals surface area (Å²) in [5.74, 6) is 0.815. The Bertz CT molecular complexity index is 1090. The van der Waals surface area contributed by atoms with Gasteiger partial charge >= 0.3 is 0 Å². The first-order valence-corrected chi connectivity index (χ1v) is 9.27. The fraction of sp³-hybridized carbons (Fsp3) is 0.208. The maximum absolute atomic E-state index is 6.31. The molecule has 4 rings (SSSR count). The third kappa shape index (κ3) is 3.21. The summed E-state index contributed by atoms with van der Waals surface area (Å²) >= 11 is 0. The van der Waals surface area contributed by atoms with Gasteiger partial charge in [-0.3, -0.25) is 0 Å². The molecule has 0 aliphatic carbocycles. The number of hydrogen-bond acceptors (Lipinski definition) is 2. The van der Waals surface area contributed by atoms with Crippen molar-refractivity contribution in [2.45, 2.75) is 34.3 Å². The zero-order valence-electron chi connectivity index (χ0n) is 16.3. The van der Waals surface area contributed by atoms with Crippen molar-refractivity contribution in [3.63, 3.8) is 0 Å². The lowest BCUT2D eigenvalue weighted by Gasteiger charge is -2.14. The molecule has 0 bridgehead atoms. The fourth-order valence-corrected chi connectivity index (χ4v) is 3.46. The van der Waals surface area contributed by atoms with Gasteiger partial charge < -0.3 is 9.14 Å². The topological polar surface area (TPSA) is 26.5 Å². The minimum Gasteiger partial charge on any atom is -0.485 e. The van der Waals surface area contributed by atoms with Crippen LogP contribution in [0.2, 0.25) is 0 Å². The standard InChI is InChI=1S/C24H24N2O/c1-16-9-8-10-17(2)22(16)15-27-23-13-21(20-11-6-5-7-12-20)14-26-19(4)18(3)25-24(23)26/h5-14H,15H2,1-4H3. The lowest BCUT2D eigenvalue weighted by atomic mass is 10.0. The summed E-state index contributed by atoms with van der Waals surface area (Å²) in [6, 6.07) is 18.8. The zero-order valence-corrected chi connectivity index (χ0v) is 16.3. The van der Waals surface area contributed by atoms with Gasteiger partial charge in [0.1, 0.15) is 6.61 Å². The summed E-state index contributed by atoms with van der Waals surface area (Å²) in [6.45, 7) is 8.94. The van der Waals surface area contributed by atoms with Crippen LogP contribution in [-0.4, -0.2) is 9.38 Å². The van der Waals surface area contributed by atoms with Gasteiger partial charge in [0.05, 0.1) is 5.69 Å². The van der Waals surface area contributed by atoms with E-state index in [1.165, 1.54) is 22.3 Å². The summed E-state index contributed by atoms with van der Waals surface area (Å²) in [6.07, 6.45) is 2.14. The third-order valence-electron chi connectivity index (χ3n) is 5.29. The average molecular weight is 356 g/mol. The maximum Gasteiger partial charge on any atom is 0.180 e. The number of benzene rings is 2. The van der Waals surface area contributed by atoms with Crippen LogP contribution in [0.3, 0.4) is 0 Å². The average Bonchev–Trinajstić information content (AvgIpc) is 2.96. The number of nitrogens with zero attached hydrogens (tertiary/aromatic N) is 2. The molecule has 2 aromatic carbocycles. The summed E-state index contributed by atoms with van der Waals surface area (Å²) in [7, 11) is 0. The van der Waals surface area contributed by atoms with Gasteiger partial charge in [0.25, 0.3) is 0 Å². The molecular formula is C24H24N2O. The Kier molecular flexibility index (Phi) is 4.44. The predicted molar refractivity (Wildman–Crippen MR) is 110 cm³/mol. The molecule has 0 saturated heterocycles. The number of ether oxygens (including phenoxy) is 1. The van der Waals surface area contributed by atoms with Crippen LogP contribution in [0.4, 0.5) is 0 Å². The van der Waals surface area contributed by atoms with Gasteiger partial charge in [-0.2, -0.15) is 0 Å². The lowest BCUT2D eigenvalue weighted by molar-refractivity contribution is 0.306. The summed E-state index contributed by atoms with van der Waals surface area (Å²) in [4.78, 5) is 4.74. The van der Waals surface area contributed by atoms with Crippen LogP contribution < -0.4 is 4.74 Å². The van der Waals surface area contributed by atoms with E-state index in [2.05, 4.69) is 79.9 Å². The van der Waals surface area contributed by atoms with Crippen LogP contribution in [-0.2, 0) is 6.61 Å². The van der Waals surface area contributed by atoms with E-state index in [9.17, 15) is 0 Å². The molecule has 0 saturated carbocycles. The molecule has 0 atom stereocenters. The van der Waals surface area contributed by atoms with Crippen LogP contribution in [0.1, 0.15) is 28.1 Å².